The normalized spacial score (nSPS) is 14.4. The lowest BCUT2D eigenvalue weighted by Gasteiger charge is -2.23. The summed E-state index contributed by atoms with van der Waals surface area (Å²) in [5, 5.41) is 19.1. The van der Waals surface area contributed by atoms with Crippen LogP contribution in [0.15, 0.2) is 46.8 Å². The molecule has 138 valence electrons. The predicted octanol–water partition coefficient (Wildman–Crippen LogP) is 2.60. The Morgan fingerprint density at radius 3 is 2.77 bits per heavy atom. The third-order valence-corrected chi connectivity index (χ3v) is 5.38. The molecule has 26 heavy (non-hydrogen) atoms. The number of nitrogens with zero attached hydrogens (tertiary/aromatic N) is 3. The van der Waals surface area contributed by atoms with Crippen molar-refractivity contribution in [1.82, 2.24) is 20.2 Å². The van der Waals surface area contributed by atoms with Gasteiger partial charge in [-0.25, -0.2) is 9.98 Å². The molecule has 0 bridgehead atoms. The van der Waals surface area contributed by atoms with Gasteiger partial charge in [-0.05, 0) is 37.4 Å². The fourth-order valence-corrected chi connectivity index (χ4v) is 3.54. The van der Waals surface area contributed by atoms with Crippen LogP contribution in [0.3, 0.4) is 0 Å². The number of nitrogens with one attached hydrogen (secondary N) is 2. The lowest BCUT2D eigenvalue weighted by molar-refractivity contribution is 0.0655. The van der Waals surface area contributed by atoms with Crippen LogP contribution < -0.4 is 10.6 Å². The Balaban J connectivity index is 1.71. The number of guanidine groups is 1. The number of para-hydroxylation sites is 2. The van der Waals surface area contributed by atoms with E-state index < -0.39 is 5.60 Å². The molecule has 0 aliphatic rings. The van der Waals surface area contributed by atoms with Crippen molar-refractivity contribution in [1.29, 1.82) is 0 Å². The Bertz CT molecular complexity index is 883. The van der Waals surface area contributed by atoms with E-state index in [0.717, 1.165) is 28.3 Å². The quantitative estimate of drug-likeness (QED) is 0.460. The van der Waals surface area contributed by atoms with E-state index in [9.17, 15) is 5.11 Å². The van der Waals surface area contributed by atoms with Crippen LogP contribution in [-0.4, -0.2) is 33.7 Å². The molecule has 0 aliphatic carbocycles. The van der Waals surface area contributed by atoms with E-state index in [1.54, 1.807) is 18.3 Å². The molecule has 6 nitrogen and oxygen atoms in total. The van der Waals surface area contributed by atoms with Crippen LogP contribution in [0, 0.1) is 0 Å². The van der Waals surface area contributed by atoms with Crippen molar-refractivity contribution in [3.05, 3.63) is 52.5 Å². The van der Waals surface area contributed by atoms with Gasteiger partial charge in [-0.1, -0.05) is 18.2 Å². The topological polar surface area (TPSA) is 74.5 Å². The van der Waals surface area contributed by atoms with Gasteiger partial charge in [0.15, 0.2) is 5.96 Å². The number of aliphatic hydroxyl groups is 1. The van der Waals surface area contributed by atoms with Crippen molar-refractivity contribution >= 4 is 28.3 Å². The van der Waals surface area contributed by atoms with Crippen LogP contribution in [0.25, 0.3) is 11.0 Å². The van der Waals surface area contributed by atoms with E-state index in [-0.39, 0.29) is 0 Å². The molecule has 0 spiro atoms. The van der Waals surface area contributed by atoms with Crippen LogP contribution >= 0.6 is 11.3 Å². The first kappa shape index (κ1) is 18.4. The van der Waals surface area contributed by atoms with Gasteiger partial charge >= 0.3 is 0 Å². The Labute approximate surface area is 157 Å². The summed E-state index contributed by atoms with van der Waals surface area (Å²) in [7, 11) is 2.00. The first-order chi connectivity index (χ1) is 12.5. The number of benzene rings is 1. The van der Waals surface area contributed by atoms with Crippen LogP contribution in [0.5, 0.6) is 0 Å². The predicted molar refractivity (Wildman–Crippen MR) is 107 cm³/mol. The maximum atomic E-state index is 10.7. The number of hydrogen-bond acceptors (Lipinski definition) is 4. The lowest BCUT2D eigenvalue weighted by Crippen LogP contribution is -2.44. The fraction of sp³-hybridized carbons (Fsp3) is 0.368. The minimum Gasteiger partial charge on any atom is -0.383 e. The SMILES string of the molecule is CCNC(=NCc1nc2ccccc2n1C)NCC(C)(O)c1cccs1. The lowest BCUT2D eigenvalue weighted by atomic mass is 10.1. The molecule has 0 radical (unpaired) electrons. The van der Waals surface area contributed by atoms with Crippen LogP contribution in [0.2, 0.25) is 0 Å². The molecular weight excluding hydrogens is 346 g/mol. The second kappa shape index (κ2) is 7.88. The molecule has 2 heterocycles. The van der Waals surface area contributed by atoms with E-state index in [1.165, 1.54) is 0 Å². The Morgan fingerprint density at radius 2 is 2.08 bits per heavy atom. The maximum absolute atomic E-state index is 10.7. The second-order valence-corrected chi connectivity index (χ2v) is 7.32. The number of hydrogen-bond donors (Lipinski definition) is 3. The van der Waals surface area contributed by atoms with Gasteiger partial charge in [-0.15, -0.1) is 11.3 Å². The van der Waals surface area contributed by atoms with Crippen molar-refractivity contribution in [3.8, 4) is 0 Å². The third-order valence-electron chi connectivity index (χ3n) is 4.25. The minimum atomic E-state index is -0.942. The van der Waals surface area contributed by atoms with Crippen molar-refractivity contribution in [2.75, 3.05) is 13.1 Å². The molecule has 1 aromatic carbocycles. The monoisotopic (exact) mass is 371 g/mol. The summed E-state index contributed by atoms with van der Waals surface area (Å²) in [5.74, 6) is 1.56. The molecule has 1 unspecified atom stereocenters. The van der Waals surface area contributed by atoms with E-state index in [1.807, 2.05) is 49.7 Å². The highest BCUT2D eigenvalue weighted by Gasteiger charge is 2.24. The zero-order valence-electron chi connectivity index (χ0n) is 15.4. The van der Waals surface area contributed by atoms with Crippen LogP contribution in [0.1, 0.15) is 24.5 Å². The highest BCUT2D eigenvalue weighted by molar-refractivity contribution is 7.10. The average molecular weight is 372 g/mol. The smallest absolute Gasteiger partial charge is 0.191 e. The molecule has 0 fully saturated rings. The van der Waals surface area contributed by atoms with Gasteiger partial charge in [-0.2, -0.15) is 0 Å². The summed E-state index contributed by atoms with van der Waals surface area (Å²) in [6.45, 7) is 5.41. The molecule has 0 aliphatic heterocycles. The largest absolute Gasteiger partial charge is 0.383 e. The molecule has 3 aromatic rings. The van der Waals surface area contributed by atoms with Gasteiger partial charge in [0, 0.05) is 18.5 Å². The number of aromatic nitrogens is 2. The summed E-state index contributed by atoms with van der Waals surface area (Å²) in [6, 6.07) is 11.9. The number of aliphatic imine (C=N–C) groups is 1. The standard InChI is InChI=1S/C19H25N5OS/c1-4-20-18(22-13-19(2,25)16-10-7-11-26-16)21-12-17-23-14-8-5-6-9-15(14)24(17)3/h5-11,25H,4,12-13H2,1-3H3,(H2,20,21,22). The first-order valence-corrected chi connectivity index (χ1v) is 9.58. The highest BCUT2D eigenvalue weighted by Crippen LogP contribution is 2.24. The van der Waals surface area contributed by atoms with Gasteiger partial charge in [-0.3, -0.25) is 0 Å². The molecule has 2 aromatic heterocycles. The van der Waals surface area contributed by atoms with E-state index in [4.69, 9.17) is 0 Å². The van der Waals surface area contributed by atoms with E-state index in [2.05, 4.69) is 31.2 Å². The average Bonchev–Trinajstić information content (AvgIpc) is 3.27. The van der Waals surface area contributed by atoms with Crippen molar-refractivity contribution in [3.63, 3.8) is 0 Å². The summed E-state index contributed by atoms with van der Waals surface area (Å²) in [5.41, 5.74) is 1.12. The molecular formula is C19H25N5OS. The number of rotatable bonds is 6. The first-order valence-electron chi connectivity index (χ1n) is 8.70. The summed E-state index contributed by atoms with van der Waals surface area (Å²) >= 11 is 1.55. The Kier molecular flexibility index (Phi) is 5.58. The van der Waals surface area contributed by atoms with Crippen LogP contribution in [-0.2, 0) is 19.2 Å². The molecule has 3 rings (SSSR count). The summed E-state index contributed by atoms with van der Waals surface area (Å²) < 4.78 is 2.06. The van der Waals surface area contributed by atoms with Gasteiger partial charge in [0.25, 0.3) is 0 Å². The zero-order chi connectivity index (χ0) is 18.6. The molecule has 0 saturated carbocycles. The maximum Gasteiger partial charge on any atom is 0.191 e. The summed E-state index contributed by atoms with van der Waals surface area (Å²) in [6.07, 6.45) is 0. The van der Waals surface area contributed by atoms with Gasteiger partial charge in [0.1, 0.15) is 18.0 Å². The molecule has 7 heteroatoms. The number of fused-ring (bicyclic) bond motifs is 1. The Hall–Kier alpha value is -2.38. The molecule has 3 N–H and O–H groups in total. The van der Waals surface area contributed by atoms with Gasteiger partial charge in [0.2, 0.25) is 0 Å². The molecule has 0 saturated heterocycles. The van der Waals surface area contributed by atoms with Crippen molar-refractivity contribution in [2.45, 2.75) is 26.0 Å². The van der Waals surface area contributed by atoms with Crippen LogP contribution in [0.4, 0.5) is 0 Å². The molecule has 1 atom stereocenters. The van der Waals surface area contributed by atoms with Gasteiger partial charge in [0.05, 0.1) is 17.6 Å². The number of imidazole rings is 1. The zero-order valence-corrected chi connectivity index (χ0v) is 16.2. The second-order valence-electron chi connectivity index (χ2n) is 6.38. The highest BCUT2D eigenvalue weighted by atomic mass is 32.1. The van der Waals surface area contributed by atoms with Gasteiger partial charge < -0.3 is 20.3 Å². The van der Waals surface area contributed by atoms with Crippen molar-refractivity contribution < 1.29 is 5.11 Å². The summed E-state index contributed by atoms with van der Waals surface area (Å²) in [4.78, 5) is 10.2. The fourth-order valence-electron chi connectivity index (χ4n) is 2.76. The number of aryl methyl sites for hydroxylation is 1. The van der Waals surface area contributed by atoms with Crippen molar-refractivity contribution in [2.24, 2.45) is 12.0 Å². The minimum absolute atomic E-state index is 0.377. The number of thiophene rings is 1. The molecule has 0 amide bonds. The van der Waals surface area contributed by atoms with E-state index >= 15 is 0 Å². The van der Waals surface area contributed by atoms with E-state index in [0.29, 0.717) is 19.0 Å². The Morgan fingerprint density at radius 1 is 1.27 bits per heavy atom. The third kappa shape index (κ3) is 4.05.